The van der Waals surface area contributed by atoms with Crippen LogP contribution in [-0.4, -0.2) is 26.9 Å². The minimum absolute atomic E-state index is 0.117. The van der Waals surface area contributed by atoms with Crippen molar-refractivity contribution in [1.82, 2.24) is 20.3 Å². The molecular formula is C21H29N5OS. The average molecular weight is 400 g/mol. The summed E-state index contributed by atoms with van der Waals surface area (Å²) in [6.07, 6.45) is 12.2. The Balaban J connectivity index is 1.25. The highest BCUT2D eigenvalue weighted by Gasteiger charge is 2.32. The normalized spacial score (nSPS) is 25.1. The van der Waals surface area contributed by atoms with Gasteiger partial charge in [0, 0.05) is 29.0 Å². The molecule has 5 rings (SSSR count). The number of imidazole rings is 1. The quantitative estimate of drug-likeness (QED) is 0.735. The predicted octanol–water partition coefficient (Wildman–Crippen LogP) is 3.59. The lowest BCUT2D eigenvalue weighted by molar-refractivity contribution is -0.123. The highest BCUT2D eigenvalue weighted by molar-refractivity contribution is 7.15. The molecule has 1 saturated carbocycles. The van der Waals surface area contributed by atoms with E-state index in [1.54, 1.807) is 0 Å². The second kappa shape index (κ2) is 7.50. The Kier molecular flexibility index (Phi) is 4.87. The number of nitrogens with two attached hydrogens (primary N) is 1. The molecule has 2 unspecified atom stereocenters. The van der Waals surface area contributed by atoms with Gasteiger partial charge in [0.25, 0.3) is 0 Å². The first-order valence-electron chi connectivity index (χ1n) is 10.8. The Hall–Kier alpha value is -1.89. The number of nitrogens with one attached hydrogen (secondary N) is 2. The van der Waals surface area contributed by atoms with Crippen LogP contribution in [0.15, 0.2) is 0 Å². The molecule has 0 aromatic carbocycles. The number of amides is 1. The Morgan fingerprint density at radius 1 is 1.07 bits per heavy atom. The number of rotatable bonds is 3. The summed E-state index contributed by atoms with van der Waals surface area (Å²) in [5.41, 5.74) is 9.26. The zero-order valence-electron chi connectivity index (χ0n) is 16.3. The molecule has 28 heavy (non-hydrogen) atoms. The van der Waals surface area contributed by atoms with E-state index in [0.29, 0.717) is 11.0 Å². The second-order valence-electron chi connectivity index (χ2n) is 8.64. The van der Waals surface area contributed by atoms with Crippen LogP contribution >= 0.6 is 11.3 Å². The highest BCUT2D eigenvalue weighted by Crippen LogP contribution is 2.36. The van der Waals surface area contributed by atoms with Crippen molar-refractivity contribution in [3.05, 3.63) is 27.8 Å². The molecule has 6 nitrogen and oxygen atoms in total. The number of thiazole rings is 1. The number of carbonyl (C=O) groups is 1. The Bertz CT molecular complexity index is 866. The SMILES string of the molecule is Nc1nc2c(s1)CCCC2C(=O)NC1CCc2nc(C3CCCCC3)[nH]c2C1. The number of hydrogen-bond acceptors (Lipinski definition) is 5. The first-order chi connectivity index (χ1) is 13.7. The van der Waals surface area contributed by atoms with Gasteiger partial charge in [-0.2, -0.15) is 0 Å². The summed E-state index contributed by atoms with van der Waals surface area (Å²) in [5.74, 6) is 1.76. The molecule has 4 N–H and O–H groups in total. The van der Waals surface area contributed by atoms with Gasteiger partial charge < -0.3 is 16.0 Å². The standard InChI is InChI=1S/C21H29N5OS/c22-21-26-18-14(7-4-8-17(18)28-21)20(27)23-13-9-10-15-16(11-13)25-19(24-15)12-5-2-1-3-6-12/h12-14H,1-11H2,(H2,22,26)(H,23,27)(H,24,25). The van der Waals surface area contributed by atoms with Crippen LogP contribution in [0.5, 0.6) is 0 Å². The second-order valence-corrected chi connectivity index (χ2v) is 9.75. The molecule has 1 amide bonds. The first kappa shape index (κ1) is 18.2. The van der Waals surface area contributed by atoms with Crippen LogP contribution in [0.1, 0.15) is 91.0 Å². The lowest BCUT2D eigenvalue weighted by atomic mass is 9.89. The molecule has 2 aromatic heterocycles. The largest absolute Gasteiger partial charge is 0.375 e. The van der Waals surface area contributed by atoms with Crippen molar-refractivity contribution < 1.29 is 4.79 Å². The van der Waals surface area contributed by atoms with Crippen molar-refractivity contribution >= 4 is 22.4 Å². The van der Waals surface area contributed by atoms with Crippen molar-refractivity contribution in [1.29, 1.82) is 0 Å². The first-order valence-corrected chi connectivity index (χ1v) is 11.6. The Morgan fingerprint density at radius 2 is 1.93 bits per heavy atom. The van der Waals surface area contributed by atoms with Crippen LogP contribution in [0.4, 0.5) is 5.13 Å². The van der Waals surface area contributed by atoms with Gasteiger partial charge in [0.2, 0.25) is 5.91 Å². The fourth-order valence-corrected chi connectivity index (χ4v) is 6.12. The molecule has 3 aliphatic rings. The topological polar surface area (TPSA) is 96.7 Å². The van der Waals surface area contributed by atoms with E-state index in [4.69, 9.17) is 10.7 Å². The summed E-state index contributed by atoms with van der Waals surface area (Å²) >= 11 is 1.54. The van der Waals surface area contributed by atoms with Gasteiger partial charge in [-0.25, -0.2) is 9.97 Å². The molecule has 0 saturated heterocycles. The molecule has 2 heterocycles. The van der Waals surface area contributed by atoms with E-state index < -0.39 is 0 Å². The zero-order valence-corrected chi connectivity index (χ0v) is 17.1. The lowest BCUT2D eigenvalue weighted by Gasteiger charge is -2.26. The van der Waals surface area contributed by atoms with Gasteiger partial charge in [-0.1, -0.05) is 19.3 Å². The van der Waals surface area contributed by atoms with Gasteiger partial charge in [0.15, 0.2) is 5.13 Å². The smallest absolute Gasteiger partial charge is 0.229 e. The van der Waals surface area contributed by atoms with Crippen molar-refractivity contribution in [2.24, 2.45) is 0 Å². The summed E-state index contributed by atoms with van der Waals surface area (Å²) < 4.78 is 0. The molecule has 2 aromatic rings. The molecule has 0 aliphatic heterocycles. The number of anilines is 1. The van der Waals surface area contributed by atoms with E-state index in [9.17, 15) is 4.79 Å². The number of H-pyrrole nitrogens is 1. The number of aryl methyl sites for hydroxylation is 2. The molecule has 0 bridgehead atoms. The molecule has 1 fully saturated rings. The Labute approximate surface area is 169 Å². The summed E-state index contributed by atoms with van der Waals surface area (Å²) in [4.78, 5) is 27.2. The third kappa shape index (κ3) is 3.45. The number of aromatic nitrogens is 3. The van der Waals surface area contributed by atoms with Gasteiger partial charge in [-0.15, -0.1) is 11.3 Å². The van der Waals surface area contributed by atoms with E-state index >= 15 is 0 Å². The number of carbonyl (C=O) groups excluding carboxylic acids is 1. The minimum Gasteiger partial charge on any atom is -0.375 e. The van der Waals surface area contributed by atoms with Crippen molar-refractivity contribution in [3.8, 4) is 0 Å². The van der Waals surface area contributed by atoms with Gasteiger partial charge in [0.1, 0.15) is 5.82 Å². The van der Waals surface area contributed by atoms with Crippen LogP contribution in [0.25, 0.3) is 0 Å². The molecule has 150 valence electrons. The van der Waals surface area contributed by atoms with E-state index in [1.807, 2.05) is 0 Å². The molecule has 2 atom stereocenters. The van der Waals surface area contributed by atoms with Crippen molar-refractivity contribution in [2.45, 2.75) is 88.5 Å². The summed E-state index contributed by atoms with van der Waals surface area (Å²) in [6, 6.07) is 0.181. The van der Waals surface area contributed by atoms with E-state index in [2.05, 4.69) is 15.3 Å². The van der Waals surface area contributed by atoms with Gasteiger partial charge in [-0.05, 0) is 44.9 Å². The lowest BCUT2D eigenvalue weighted by Crippen LogP contribution is -2.42. The minimum atomic E-state index is -0.140. The van der Waals surface area contributed by atoms with Gasteiger partial charge >= 0.3 is 0 Å². The number of hydrogen-bond donors (Lipinski definition) is 3. The Morgan fingerprint density at radius 3 is 2.79 bits per heavy atom. The van der Waals surface area contributed by atoms with Crippen LogP contribution < -0.4 is 11.1 Å². The molecule has 7 heteroatoms. The molecule has 0 spiro atoms. The maximum atomic E-state index is 13.0. The van der Waals surface area contributed by atoms with E-state index in [-0.39, 0.29) is 17.9 Å². The number of fused-ring (bicyclic) bond motifs is 2. The average Bonchev–Trinajstić information content (AvgIpc) is 3.30. The summed E-state index contributed by atoms with van der Waals surface area (Å²) in [5, 5.41) is 3.89. The van der Waals surface area contributed by atoms with Gasteiger partial charge in [-0.3, -0.25) is 4.79 Å². The summed E-state index contributed by atoms with van der Waals surface area (Å²) in [7, 11) is 0. The third-order valence-electron chi connectivity index (χ3n) is 6.69. The molecule has 0 radical (unpaired) electrons. The maximum Gasteiger partial charge on any atom is 0.229 e. The maximum absolute atomic E-state index is 13.0. The van der Waals surface area contributed by atoms with E-state index in [0.717, 1.165) is 44.2 Å². The van der Waals surface area contributed by atoms with Crippen molar-refractivity contribution in [2.75, 3.05) is 5.73 Å². The number of nitrogens with zero attached hydrogens (tertiary/aromatic N) is 2. The van der Waals surface area contributed by atoms with Gasteiger partial charge in [0.05, 0.1) is 17.3 Å². The molecule has 3 aliphatic carbocycles. The van der Waals surface area contributed by atoms with Crippen LogP contribution in [0.3, 0.4) is 0 Å². The number of aromatic amines is 1. The number of nitrogen functional groups attached to an aromatic ring is 1. The molecular weight excluding hydrogens is 370 g/mol. The predicted molar refractivity (Wildman–Crippen MR) is 111 cm³/mol. The fourth-order valence-electron chi connectivity index (χ4n) is 5.19. The highest BCUT2D eigenvalue weighted by atomic mass is 32.1. The zero-order chi connectivity index (χ0) is 19.1. The van der Waals surface area contributed by atoms with Crippen LogP contribution in [0, 0.1) is 0 Å². The summed E-state index contributed by atoms with van der Waals surface area (Å²) in [6.45, 7) is 0. The van der Waals surface area contributed by atoms with Crippen LogP contribution in [-0.2, 0) is 24.1 Å². The van der Waals surface area contributed by atoms with Crippen LogP contribution in [0.2, 0.25) is 0 Å². The fraction of sp³-hybridized carbons (Fsp3) is 0.667. The monoisotopic (exact) mass is 399 g/mol. The third-order valence-corrected chi connectivity index (χ3v) is 7.65. The van der Waals surface area contributed by atoms with Crippen molar-refractivity contribution in [3.63, 3.8) is 0 Å². The van der Waals surface area contributed by atoms with E-state index in [1.165, 1.54) is 65.5 Å².